The second kappa shape index (κ2) is 5.75. The van der Waals surface area contributed by atoms with Crippen LogP contribution in [0.4, 0.5) is 10.7 Å². The van der Waals surface area contributed by atoms with Gasteiger partial charge in [-0.1, -0.05) is 0 Å². The normalized spacial score (nSPS) is 11.3. The van der Waals surface area contributed by atoms with E-state index >= 15 is 0 Å². The van der Waals surface area contributed by atoms with Crippen LogP contribution in [-0.2, 0) is 23.3 Å². The molecule has 0 radical (unpaired) electrons. The number of anilines is 2. The minimum Gasteiger partial charge on any atom is -0.396 e. The number of hydrogen-bond donors (Lipinski definition) is 2. The Morgan fingerprint density at radius 1 is 1.57 bits per heavy atom. The van der Waals surface area contributed by atoms with Crippen molar-refractivity contribution in [1.82, 2.24) is 9.55 Å². The monoisotopic (exact) mass is 325 g/mol. The fourth-order valence-corrected chi connectivity index (χ4v) is 4.31. The van der Waals surface area contributed by atoms with Crippen molar-refractivity contribution in [3.05, 3.63) is 23.1 Å². The van der Waals surface area contributed by atoms with E-state index in [0.29, 0.717) is 18.0 Å². The van der Waals surface area contributed by atoms with Gasteiger partial charge in [-0.2, -0.15) is 5.26 Å². The number of aromatic nitrogens is 2. The van der Waals surface area contributed by atoms with Crippen molar-refractivity contribution in [1.29, 1.82) is 5.26 Å². The lowest BCUT2D eigenvalue weighted by Gasteiger charge is -2.07. The fraction of sp³-hybridized carbons (Fsp3) is 0.333. The van der Waals surface area contributed by atoms with Crippen molar-refractivity contribution >= 4 is 31.9 Å². The molecule has 0 saturated heterocycles. The molecule has 0 unspecified atom stereocenters. The molecule has 0 aromatic carbocycles. The predicted octanol–water partition coefficient (Wildman–Crippen LogP) is 0.994. The van der Waals surface area contributed by atoms with Crippen molar-refractivity contribution in [3.63, 3.8) is 0 Å². The average Bonchev–Trinajstić information content (AvgIpc) is 2.93. The highest BCUT2D eigenvalue weighted by Crippen LogP contribution is 2.38. The molecule has 3 N–H and O–H groups in total. The molecule has 0 saturated carbocycles. The Morgan fingerprint density at radius 3 is 2.81 bits per heavy atom. The van der Waals surface area contributed by atoms with Crippen LogP contribution in [0, 0.1) is 11.3 Å². The molecule has 0 bridgehead atoms. The van der Waals surface area contributed by atoms with Crippen molar-refractivity contribution < 1.29 is 8.42 Å². The quantitative estimate of drug-likeness (QED) is 0.847. The first-order valence-corrected chi connectivity index (χ1v) is 8.78. The number of hydrogen-bond acceptors (Lipinski definition) is 7. The number of thiophene rings is 1. The van der Waals surface area contributed by atoms with Crippen molar-refractivity contribution in [2.24, 2.45) is 7.05 Å². The number of nitrogens with two attached hydrogens (primary N) is 1. The molecular weight excluding hydrogens is 310 g/mol. The summed E-state index contributed by atoms with van der Waals surface area (Å²) >= 11 is 1.05. The summed E-state index contributed by atoms with van der Waals surface area (Å²) in [6.07, 6.45) is 5.26. The van der Waals surface area contributed by atoms with Crippen LogP contribution < -0.4 is 11.1 Å². The molecule has 9 heteroatoms. The molecule has 2 aromatic heterocycles. The van der Waals surface area contributed by atoms with Crippen LogP contribution in [0.2, 0.25) is 0 Å². The van der Waals surface area contributed by atoms with Gasteiger partial charge in [0.2, 0.25) is 0 Å². The highest BCUT2D eigenvalue weighted by molar-refractivity contribution is 7.91. The molecule has 112 valence electrons. The topological polar surface area (TPSA) is 114 Å². The summed E-state index contributed by atoms with van der Waals surface area (Å²) in [7, 11) is -1.60. The van der Waals surface area contributed by atoms with E-state index in [9.17, 15) is 8.42 Å². The lowest BCUT2D eigenvalue weighted by molar-refractivity contribution is 0.603. The molecule has 2 rings (SSSR count). The fourth-order valence-electron chi connectivity index (χ4n) is 1.92. The standard InChI is InChI=1S/C12H15N5O2S2/c1-17-6-5-15-9(17)3-4-16-12-11(21(2,18)19)10(14)8(7-13)20-12/h5-6,16H,3-4,14H2,1-2H3. The number of nitrogens with zero attached hydrogens (tertiary/aromatic N) is 3. The second-order valence-electron chi connectivity index (χ2n) is 4.52. The summed E-state index contributed by atoms with van der Waals surface area (Å²) in [5.41, 5.74) is 5.76. The number of aryl methyl sites for hydroxylation is 1. The lowest BCUT2D eigenvalue weighted by Crippen LogP contribution is -2.10. The van der Waals surface area contributed by atoms with Crippen LogP contribution in [0.25, 0.3) is 0 Å². The summed E-state index contributed by atoms with van der Waals surface area (Å²) in [5, 5.41) is 12.4. The van der Waals surface area contributed by atoms with Gasteiger partial charge in [-0.15, -0.1) is 11.3 Å². The predicted molar refractivity (Wildman–Crippen MR) is 82.0 cm³/mol. The van der Waals surface area contributed by atoms with Crippen LogP contribution in [0.5, 0.6) is 0 Å². The number of rotatable bonds is 5. The summed E-state index contributed by atoms with van der Waals surface area (Å²) in [4.78, 5) is 4.40. The molecule has 0 aliphatic heterocycles. The number of sulfone groups is 1. The Bertz CT molecular complexity index is 798. The van der Waals surface area contributed by atoms with Crippen molar-refractivity contribution in [2.75, 3.05) is 23.9 Å². The van der Waals surface area contributed by atoms with Gasteiger partial charge in [0.05, 0.1) is 5.69 Å². The third kappa shape index (κ3) is 3.17. The van der Waals surface area contributed by atoms with Gasteiger partial charge in [0, 0.05) is 38.7 Å². The highest BCUT2D eigenvalue weighted by atomic mass is 32.2. The summed E-state index contributed by atoms with van der Waals surface area (Å²) < 4.78 is 25.5. The van der Waals surface area contributed by atoms with Gasteiger partial charge >= 0.3 is 0 Å². The smallest absolute Gasteiger partial charge is 0.180 e. The first-order chi connectivity index (χ1) is 9.84. The molecule has 0 spiro atoms. The third-order valence-corrected chi connectivity index (χ3v) is 5.29. The minimum absolute atomic E-state index is 0.00360. The molecule has 0 fully saturated rings. The Morgan fingerprint density at radius 2 is 2.29 bits per heavy atom. The SMILES string of the molecule is Cn1ccnc1CCNc1sc(C#N)c(N)c1S(C)(=O)=O. The first kappa shape index (κ1) is 15.3. The summed E-state index contributed by atoms with van der Waals surface area (Å²) in [5.74, 6) is 0.883. The number of nitrogen functional groups attached to an aromatic ring is 1. The van der Waals surface area contributed by atoms with E-state index in [1.54, 1.807) is 6.20 Å². The summed E-state index contributed by atoms with van der Waals surface area (Å²) in [6.45, 7) is 0.498. The molecule has 2 heterocycles. The molecule has 7 nitrogen and oxygen atoms in total. The molecule has 0 aliphatic carbocycles. The van der Waals surface area contributed by atoms with Crippen LogP contribution >= 0.6 is 11.3 Å². The Labute approximate surface area is 127 Å². The van der Waals surface area contributed by atoms with E-state index < -0.39 is 9.84 Å². The van der Waals surface area contributed by atoms with E-state index in [4.69, 9.17) is 11.0 Å². The third-order valence-electron chi connectivity index (χ3n) is 2.93. The largest absolute Gasteiger partial charge is 0.396 e. The maximum atomic E-state index is 11.8. The van der Waals surface area contributed by atoms with Crippen LogP contribution in [0.1, 0.15) is 10.7 Å². The van der Waals surface area contributed by atoms with E-state index in [0.717, 1.165) is 23.4 Å². The van der Waals surface area contributed by atoms with E-state index in [-0.39, 0.29) is 15.5 Å². The Hall–Kier alpha value is -2.05. The molecule has 0 aliphatic rings. The summed E-state index contributed by atoms with van der Waals surface area (Å²) in [6, 6.07) is 1.91. The highest BCUT2D eigenvalue weighted by Gasteiger charge is 2.23. The van der Waals surface area contributed by atoms with Gasteiger partial charge in [-0.05, 0) is 0 Å². The van der Waals surface area contributed by atoms with Gasteiger partial charge in [-0.3, -0.25) is 0 Å². The van der Waals surface area contributed by atoms with Gasteiger partial charge < -0.3 is 15.6 Å². The molecule has 0 amide bonds. The first-order valence-electron chi connectivity index (χ1n) is 6.07. The maximum absolute atomic E-state index is 11.8. The molecular formula is C12H15N5O2S2. The molecule has 21 heavy (non-hydrogen) atoms. The van der Waals surface area contributed by atoms with Gasteiger partial charge in [-0.25, -0.2) is 13.4 Å². The zero-order chi connectivity index (χ0) is 15.6. The number of nitriles is 1. The van der Waals surface area contributed by atoms with Crippen LogP contribution in [-0.4, -0.2) is 30.8 Å². The Balaban J connectivity index is 2.21. The van der Waals surface area contributed by atoms with E-state index in [2.05, 4.69) is 10.3 Å². The van der Waals surface area contributed by atoms with Crippen LogP contribution in [0.3, 0.4) is 0 Å². The second-order valence-corrected chi connectivity index (χ2v) is 7.49. The number of imidazole rings is 1. The van der Waals surface area contributed by atoms with Gasteiger partial charge in [0.1, 0.15) is 26.7 Å². The zero-order valence-electron chi connectivity index (χ0n) is 11.6. The lowest BCUT2D eigenvalue weighted by atomic mass is 10.4. The molecule has 2 aromatic rings. The van der Waals surface area contributed by atoms with Gasteiger partial charge in [0.15, 0.2) is 9.84 Å². The Kier molecular flexibility index (Phi) is 4.20. The number of nitrogens with one attached hydrogen (secondary N) is 1. The zero-order valence-corrected chi connectivity index (χ0v) is 13.3. The maximum Gasteiger partial charge on any atom is 0.180 e. The molecule has 0 atom stereocenters. The van der Waals surface area contributed by atoms with E-state index in [1.165, 1.54) is 0 Å². The minimum atomic E-state index is -3.49. The van der Waals surface area contributed by atoms with Gasteiger partial charge in [0.25, 0.3) is 0 Å². The van der Waals surface area contributed by atoms with Crippen LogP contribution in [0.15, 0.2) is 17.3 Å². The van der Waals surface area contributed by atoms with Crippen molar-refractivity contribution in [2.45, 2.75) is 11.3 Å². The average molecular weight is 325 g/mol. The van der Waals surface area contributed by atoms with E-state index in [1.807, 2.05) is 23.9 Å². The van der Waals surface area contributed by atoms with Crippen molar-refractivity contribution in [3.8, 4) is 6.07 Å².